The first-order valence-corrected chi connectivity index (χ1v) is 7.03. The van der Waals surface area contributed by atoms with E-state index in [1.54, 1.807) is 24.5 Å². The van der Waals surface area contributed by atoms with Crippen molar-refractivity contribution >= 4 is 23.4 Å². The minimum absolute atomic E-state index is 0.187. The van der Waals surface area contributed by atoms with Crippen molar-refractivity contribution in [2.45, 2.75) is 10.2 Å². The SMILES string of the molecule is N#Cc1nc(Sc2n[nH]c(-c3ccncc3)n2)ccc1Cl. The van der Waals surface area contributed by atoms with E-state index in [-0.39, 0.29) is 5.69 Å². The van der Waals surface area contributed by atoms with Gasteiger partial charge in [-0.15, -0.1) is 5.10 Å². The van der Waals surface area contributed by atoms with Gasteiger partial charge in [-0.25, -0.2) is 9.97 Å². The molecule has 6 nitrogen and oxygen atoms in total. The zero-order valence-electron chi connectivity index (χ0n) is 10.5. The predicted octanol–water partition coefficient (Wildman–Crippen LogP) is 2.94. The summed E-state index contributed by atoms with van der Waals surface area (Å²) in [6.07, 6.45) is 3.37. The highest BCUT2D eigenvalue weighted by atomic mass is 35.5. The topological polar surface area (TPSA) is 91.1 Å². The Hall–Kier alpha value is -2.43. The molecule has 3 rings (SSSR count). The van der Waals surface area contributed by atoms with Gasteiger partial charge in [0.1, 0.15) is 11.1 Å². The fourth-order valence-corrected chi connectivity index (χ4v) is 2.42. The number of pyridine rings is 2. The quantitative estimate of drug-likeness (QED) is 0.799. The summed E-state index contributed by atoms with van der Waals surface area (Å²) in [5.41, 5.74) is 1.08. The van der Waals surface area contributed by atoms with Crippen LogP contribution in [0.3, 0.4) is 0 Å². The number of nitrogens with zero attached hydrogens (tertiary/aromatic N) is 5. The van der Waals surface area contributed by atoms with Crippen LogP contribution in [0.2, 0.25) is 5.02 Å². The number of H-pyrrole nitrogens is 1. The number of halogens is 1. The van der Waals surface area contributed by atoms with Crippen LogP contribution in [-0.2, 0) is 0 Å². The predicted molar refractivity (Wildman–Crippen MR) is 77.7 cm³/mol. The van der Waals surface area contributed by atoms with Gasteiger partial charge in [0, 0.05) is 18.0 Å². The third kappa shape index (κ3) is 3.02. The molecule has 0 aliphatic carbocycles. The average Bonchev–Trinajstić information content (AvgIpc) is 2.98. The monoisotopic (exact) mass is 314 g/mol. The van der Waals surface area contributed by atoms with Gasteiger partial charge < -0.3 is 0 Å². The van der Waals surface area contributed by atoms with E-state index < -0.39 is 0 Å². The number of rotatable bonds is 3. The van der Waals surface area contributed by atoms with E-state index in [9.17, 15) is 0 Å². The lowest BCUT2D eigenvalue weighted by Gasteiger charge is -1.98. The van der Waals surface area contributed by atoms with E-state index >= 15 is 0 Å². The largest absolute Gasteiger partial charge is 0.265 e. The molecule has 3 aromatic rings. The summed E-state index contributed by atoms with van der Waals surface area (Å²) in [6, 6.07) is 8.96. The Morgan fingerprint density at radius 3 is 2.71 bits per heavy atom. The third-order valence-corrected chi connectivity index (χ3v) is 3.65. The summed E-state index contributed by atoms with van der Waals surface area (Å²) >= 11 is 7.10. The van der Waals surface area contributed by atoms with E-state index in [0.29, 0.717) is 21.0 Å². The van der Waals surface area contributed by atoms with Gasteiger partial charge in [-0.05, 0) is 36.0 Å². The molecular formula is C13H7ClN6S. The number of nitrogens with one attached hydrogen (secondary N) is 1. The Balaban J connectivity index is 1.84. The molecule has 0 atom stereocenters. The molecule has 0 fully saturated rings. The van der Waals surface area contributed by atoms with Crippen LogP contribution in [0, 0.1) is 11.3 Å². The molecule has 0 saturated heterocycles. The van der Waals surface area contributed by atoms with Crippen LogP contribution < -0.4 is 0 Å². The molecule has 3 heterocycles. The lowest BCUT2D eigenvalue weighted by atomic mass is 10.3. The summed E-state index contributed by atoms with van der Waals surface area (Å²) in [4.78, 5) is 12.5. The zero-order chi connectivity index (χ0) is 14.7. The Morgan fingerprint density at radius 2 is 1.95 bits per heavy atom. The van der Waals surface area contributed by atoms with E-state index in [0.717, 1.165) is 5.56 Å². The molecule has 0 aliphatic heterocycles. The van der Waals surface area contributed by atoms with Gasteiger partial charge in [-0.1, -0.05) is 11.6 Å². The van der Waals surface area contributed by atoms with Gasteiger partial charge in [-0.3, -0.25) is 10.1 Å². The minimum Gasteiger partial charge on any atom is -0.265 e. The van der Waals surface area contributed by atoms with E-state index in [4.69, 9.17) is 16.9 Å². The van der Waals surface area contributed by atoms with Gasteiger partial charge in [0.25, 0.3) is 0 Å². The van der Waals surface area contributed by atoms with Gasteiger partial charge in [0.05, 0.1) is 5.02 Å². The molecule has 0 saturated carbocycles. The molecular weight excluding hydrogens is 308 g/mol. The second-order valence-electron chi connectivity index (χ2n) is 3.90. The summed E-state index contributed by atoms with van der Waals surface area (Å²) in [6.45, 7) is 0. The van der Waals surface area contributed by atoms with Crippen LogP contribution in [0.1, 0.15) is 5.69 Å². The first-order valence-electron chi connectivity index (χ1n) is 5.83. The Bertz CT molecular complexity index is 811. The second-order valence-corrected chi connectivity index (χ2v) is 5.29. The average molecular weight is 315 g/mol. The fraction of sp³-hybridized carbons (Fsp3) is 0. The summed E-state index contributed by atoms with van der Waals surface area (Å²) in [5.74, 6) is 0.648. The van der Waals surface area contributed by atoms with E-state index in [1.165, 1.54) is 11.8 Å². The van der Waals surface area contributed by atoms with Crippen molar-refractivity contribution < 1.29 is 0 Å². The van der Waals surface area contributed by atoms with Crippen molar-refractivity contribution in [3.05, 3.63) is 47.4 Å². The van der Waals surface area contributed by atoms with Crippen molar-refractivity contribution in [2.75, 3.05) is 0 Å². The minimum atomic E-state index is 0.187. The maximum Gasteiger partial charge on any atom is 0.215 e. The van der Waals surface area contributed by atoms with E-state index in [2.05, 4.69) is 25.1 Å². The molecule has 1 N–H and O–H groups in total. The Kier molecular flexibility index (Phi) is 3.81. The van der Waals surface area contributed by atoms with Crippen LogP contribution in [-0.4, -0.2) is 25.1 Å². The second kappa shape index (κ2) is 5.91. The lowest BCUT2D eigenvalue weighted by molar-refractivity contribution is 0.966. The van der Waals surface area contributed by atoms with E-state index in [1.807, 2.05) is 18.2 Å². The summed E-state index contributed by atoms with van der Waals surface area (Å²) < 4.78 is 0. The standard InChI is InChI=1S/C13H7ClN6S/c14-9-1-2-11(17-10(9)7-15)21-13-18-12(19-20-13)8-3-5-16-6-4-8/h1-6H,(H,18,19,20). The highest BCUT2D eigenvalue weighted by Crippen LogP contribution is 2.26. The molecule has 8 heteroatoms. The number of aromatic nitrogens is 5. The number of hydrogen-bond acceptors (Lipinski definition) is 6. The van der Waals surface area contributed by atoms with Gasteiger partial charge in [0.15, 0.2) is 11.5 Å². The van der Waals surface area contributed by atoms with Crippen molar-refractivity contribution in [1.29, 1.82) is 5.26 Å². The lowest BCUT2D eigenvalue weighted by Crippen LogP contribution is -1.87. The van der Waals surface area contributed by atoms with Crippen molar-refractivity contribution in [1.82, 2.24) is 25.1 Å². The van der Waals surface area contributed by atoms with Gasteiger partial charge >= 0.3 is 0 Å². The van der Waals surface area contributed by atoms with Gasteiger partial charge in [0.2, 0.25) is 5.16 Å². The number of hydrogen-bond donors (Lipinski definition) is 1. The maximum absolute atomic E-state index is 8.91. The summed E-state index contributed by atoms with van der Waals surface area (Å²) in [5, 5.41) is 17.3. The van der Waals surface area contributed by atoms with Crippen LogP contribution in [0.15, 0.2) is 46.8 Å². The van der Waals surface area contributed by atoms with Crippen LogP contribution in [0.25, 0.3) is 11.4 Å². The molecule has 0 bridgehead atoms. The Labute approximate surface area is 129 Å². The molecule has 21 heavy (non-hydrogen) atoms. The normalized spacial score (nSPS) is 10.3. The highest BCUT2D eigenvalue weighted by Gasteiger charge is 2.09. The smallest absolute Gasteiger partial charge is 0.215 e. The molecule has 0 aliphatic rings. The highest BCUT2D eigenvalue weighted by molar-refractivity contribution is 7.99. The molecule has 0 unspecified atom stereocenters. The van der Waals surface area contributed by atoms with Crippen LogP contribution >= 0.6 is 23.4 Å². The summed E-state index contributed by atoms with van der Waals surface area (Å²) in [7, 11) is 0. The zero-order valence-corrected chi connectivity index (χ0v) is 12.1. The van der Waals surface area contributed by atoms with Crippen molar-refractivity contribution in [3.8, 4) is 17.5 Å². The van der Waals surface area contributed by atoms with Crippen molar-refractivity contribution in [2.24, 2.45) is 0 Å². The molecule has 0 aromatic carbocycles. The first-order chi connectivity index (χ1) is 10.3. The molecule has 102 valence electrons. The number of nitriles is 1. The fourth-order valence-electron chi connectivity index (χ4n) is 1.58. The molecule has 3 aromatic heterocycles. The molecule has 0 radical (unpaired) electrons. The maximum atomic E-state index is 8.91. The van der Waals surface area contributed by atoms with Crippen molar-refractivity contribution in [3.63, 3.8) is 0 Å². The Morgan fingerprint density at radius 1 is 1.14 bits per heavy atom. The van der Waals surface area contributed by atoms with Crippen LogP contribution in [0.4, 0.5) is 0 Å². The molecule has 0 spiro atoms. The molecule has 0 amide bonds. The van der Waals surface area contributed by atoms with Crippen LogP contribution in [0.5, 0.6) is 0 Å². The number of aromatic amines is 1. The third-order valence-electron chi connectivity index (χ3n) is 2.54. The van der Waals surface area contributed by atoms with Gasteiger partial charge in [-0.2, -0.15) is 5.26 Å². The first kappa shape index (κ1) is 13.5.